The number of hydrogen-bond acceptors (Lipinski definition) is 0. The SMILES string of the molecule is [In].[In].[In].[Y]. The van der Waals surface area contributed by atoms with E-state index in [0.717, 1.165) is 0 Å². The molecule has 0 fully saturated rings. The van der Waals surface area contributed by atoms with Crippen molar-refractivity contribution >= 4 is 77.5 Å². The molecule has 4 heavy (non-hydrogen) atoms. The summed E-state index contributed by atoms with van der Waals surface area (Å²) in [4.78, 5) is 0. The van der Waals surface area contributed by atoms with Gasteiger partial charge in [-0.3, -0.25) is 0 Å². The molecule has 0 atom stereocenters. The van der Waals surface area contributed by atoms with Crippen LogP contribution in [0.25, 0.3) is 0 Å². The fourth-order valence-corrected chi connectivity index (χ4v) is 0. The van der Waals surface area contributed by atoms with Gasteiger partial charge in [-0.1, -0.05) is 0 Å². The molecule has 10 radical (unpaired) electrons. The molecule has 0 aliphatic rings. The Bertz CT molecular complexity index is 3.25. The van der Waals surface area contributed by atoms with E-state index >= 15 is 0 Å². The first-order valence-electron chi connectivity index (χ1n) is 0. The molecule has 0 amide bonds. The summed E-state index contributed by atoms with van der Waals surface area (Å²) in [6.07, 6.45) is 0. The minimum absolute atomic E-state index is 0. The van der Waals surface area contributed by atoms with Gasteiger partial charge in [0.05, 0.1) is 0 Å². The first kappa shape index (κ1) is 25.2. The summed E-state index contributed by atoms with van der Waals surface area (Å²) in [5.74, 6) is 0. The third-order valence-electron chi connectivity index (χ3n) is 0. The molecule has 0 aliphatic carbocycles. The fraction of sp³-hybridized carbons (Fsp3) is 0. The maximum absolute atomic E-state index is 0. The van der Waals surface area contributed by atoms with Crippen LogP contribution in [0.3, 0.4) is 0 Å². The van der Waals surface area contributed by atoms with E-state index in [1.165, 1.54) is 0 Å². The largest absolute Gasteiger partial charge is 0 e. The zero-order valence-corrected chi connectivity index (χ0v) is 15.0. The molecule has 0 rings (SSSR count). The van der Waals surface area contributed by atoms with Crippen LogP contribution < -0.4 is 0 Å². The van der Waals surface area contributed by atoms with E-state index in [1.54, 1.807) is 0 Å². The standard InChI is InChI=1S/3In.Y. The molecule has 0 N–H and O–H groups in total. The number of rotatable bonds is 0. The normalized spacial score (nSPS) is 0. The van der Waals surface area contributed by atoms with Gasteiger partial charge < -0.3 is 0 Å². The van der Waals surface area contributed by atoms with Gasteiger partial charge in [0, 0.05) is 110 Å². The minimum atomic E-state index is 0. The van der Waals surface area contributed by atoms with Gasteiger partial charge in [0.15, 0.2) is 0 Å². The maximum Gasteiger partial charge on any atom is 0 e. The van der Waals surface area contributed by atoms with Crippen molar-refractivity contribution in [1.82, 2.24) is 0 Å². The van der Waals surface area contributed by atoms with Crippen LogP contribution in [0.2, 0.25) is 0 Å². The van der Waals surface area contributed by atoms with Gasteiger partial charge in [0.1, 0.15) is 0 Å². The van der Waals surface area contributed by atoms with E-state index in [0.29, 0.717) is 0 Å². The van der Waals surface area contributed by atoms with Crippen LogP contribution >= 0.6 is 0 Å². The Morgan fingerprint density at radius 3 is 0.500 bits per heavy atom. The van der Waals surface area contributed by atoms with Crippen LogP contribution in [0.15, 0.2) is 0 Å². The predicted molar refractivity (Wildman–Crippen MR) is 17.3 cm³/mol. The third-order valence-corrected chi connectivity index (χ3v) is 0. The minimum Gasteiger partial charge on any atom is 0 e. The molecule has 4 heteroatoms. The van der Waals surface area contributed by atoms with E-state index in [4.69, 9.17) is 0 Å². The zero-order chi connectivity index (χ0) is 0. The summed E-state index contributed by atoms with van der Waals surface area (Å²) in [5, 5.41) is 0. The van der Waals surface area contributed by atoms with Crippen molar-refractivity contribution in [3.8, 4) is 0 Å². The summed E-state index contributed by atoms with van der Waals surface area (Å²) in [6, 6.07) is 0. The summed E-state index contributed by atoms with van der Waals surface area (Å²) < 4.78 is 0. The van der Waals surface area contributed by atoms with E-state index in [9.17, 15) is 0 Å². The monoisotopic (exact) mass is 434 g/mol. The molecule has 0 saturated carbocycles. The van der Waals surface area contributed by atoms with Gasteiger partial charge in [0.2, 0.25) is 0 Å². The molecule has 0 saturated heterocycles. The smallest absolute Gasteiger partial charge is 0 e. The summed E-state index contributed by atoms with van der Waals surface area (Å²) in [6.45, 7) is 0. The topological polar surface area (TPSA) is 0 Å². The van der Waals surface area contributed by atoms with Crippen molar-refractivity contribution in [3.05, 3.63) is 0 Å². The van der Waals surface area contributed by atoms with Gasteiger partial charge in [-0.25, -0.2) is 0 Å². The Balaban J connectivity index is 0. The molecule has 0 aromatic carbocycles. The van der Waals surface area contributed by atoms with Crippen LogP contribution in [0.1, 0.15) is 0 Å². The molecular weight excluding hydrogens is 433 g/mol. The van der Waals surface area contributed by atoms with E-state index in [1.807, 2.05) is 0 Å². The maximum atomic E-state index is 0. The van der Waals surface area contributed by atoms with E-state index < -0.39 is 0 Å². The first-order chi connectivity index (χ1) is 0. The van der Waals surface area contributed by atoms with Crippen LogP contribution in [0.5, 0.6) is 0 Å². The molecule has 0 heterocycles. The second-order valence-corrected chi connectivity index (χ2v) is 0. The fourth-order valence-electron chi connectivity index (χ4n) is 0. The number of hydrogen-bond donors (Lipinski definition) is 0. The van der Waals surface area contributed by atoms with Crippen molar-refractivity contribution < 1.29 is 32.7 Å². The molecule has 0 nitrogen and oxygen atoms in total. The summed E-state index contributed by atoms with van der Waals surface area (Å²) >= 11 is 0. The van der Waals surface area contributed by atoms with Crippen LogP contribution in [-0.4, -0.2) is 77.5 Å². The quantitative estimate of drug-likeness (QED) is 0.453. The van der Waals surface area contributed by atoms with Crippen molar-refractivity contribution in [1.29, 1.82) is 0 Å². The molecular formula is In3Y. The molecule has 0 spiro atoms. The Morgan fingerprint density at radius 1 is 0.500 bits per heavy atom. The van der Waals surface area contributed by atoms with E-state index in [-0.39, 0.29) is 110 Å². The van der Waals surface area contributed by atoms with Gasteiger partial charge in [-0.2, -0.15) is 0 Å². The first-order valence-corrected chi connectivity index (χ1v) is 0. The van der Waals surface area contributed by atoms with Crippen LogP contribution in [-0.2, 0) is 32.7 Å². The molecule has 12 valence electrons. The Labute approximate surface area is 107 Å². The molecule has 0 bridgehead atoms. The predicted octanol–water partition coefficient (Wildman–Crippen LogP) is -1.14. The average molecular weight is 433 g/mol. The van der Waals surface area contributed by atoms with Crippen molar-refractivity contribution in [3.63, 3.8) is 0 Å². The molecule has 0 aromatic heterocycles. The Morgan fingerprint density at radius 2 is 0.500 bits per heavy atom. The molecule has 0 aliphatic heterocycles. The van der Waals surface area contributed by atoms with E-state index in [2.05, 4.69) is 0 Å². The van der Waals surface area contributed by atoms with Crippen LogP contribution in [0.4, 0.5) is 0 Å². The van der Waals surface area contributed by atoms with Crippen molar-refractivity contribution in [2.24, 2.45) is 0 Å². The van der Waals surface area contributed by atoms with Crippen molar-refractivity contribution in [2.75, 3.05) is 0 Å². The molecule has 0 unspecified atom stereocenters. The Kier molecular flexibility index (Phi) is 100. The van der Waals surface area contributed by atoms with Crippen molar-refractivity contribution in [2.45, 2.75) is 0 Å². The third kappa shape index (κ3) is 9.21. The summed E-state index contributed by atoms with van der Waals surface area (Å²) in [7, 11) is 0. The summed E-state index contributed by atoms with van der Waals surface area (Å²) in [5.41, 5.74) is 0. The van der Waals surface area contributed by atoms with Crippen LogP contribution in [0, 0.1) is 0 Å². The van der Waals surface area contributed by atoms with Gasteiger partial charge in [-0.05, 0) is 0 Å². The van der Waals surface area contributed by atoms with Gasteiger partial charge in [0.25, 0.3) is 0 Å². The second-order valence-electron chi connectivity index (χ2n) is 0. The Hall–Kier alpha value is 3.71. The second kappa shape index (κ2) is 15.9. The zero-order valence-electron chi connectivity index (χ0n) is 2.31. The average Bonchev–Trinajstić information content (AvgIpc) is 0. The molecule has 0 aromatic rings. The van der Waals surface area contributed by atoms with Gasteiger partial charge >= 0.3 is 0 Å². The van der Waals surface area contributed by atoms with Gasteiger partial charge in [-0.15, -0.1) is 0 Å².